The van der Waals surface area contributed by atoms with Crippen LogP contribution in [0.5, 0.6) is 0 Å². The van der Waals surface area contributed by atoms with E-state index in [0.29, 0.717) is 5.56 Å². The van der Waals surface area contributed by atoms with Crippen molar-refractivity contribution in [2.45, 2.75) is 17.8 Å². The average molecular weight is 527 g/mol. The van der Waals surface area contributed by atoms with Crippen LogP contribution >= 0.6 is 23.4 Å². The molecule has 1 aliphatic heterocycles. The van der Waals surface area contributed by atoms with E-state index in [4.69, 9.17) is 11.6 Å². The van der Waals surface area contributed by atoms with E-state index in [9.17, 15) is 18.0 Å². The standard InChI is InChI=1S/C26H18ClF3N4OS/c27-20-11-10-15(12-19(20)26(28,29)30)13-22-24(35)33-25(36-22)34-31-14-18-17-8-4-5-9-21(17)32-23(18)16-6-2-1-3-7-16/h1-12,14,22,32H,13H2,(H,33,34,35)/b31-14+. The molecule has 0 saturated carbocycles. The fourth-order valence-electron chi connectivity index (χ4n) is 3.99. The molecule has 1 unspecified atom stereocenters. The van der Waals surface area contributed by atoms with Crippen molar-refractivity contribution >= 4 is 51.6 Å². The van der Waals surface area contributed by atoms with Gasteiger partial charge in [-0.1, -0.05) is 78.0 Å². The van der Waals surface area contributed by atoms with E-state index in [-0.39, 0.29) is 22.5 Å². The molecule has 0 spiro atoms. The SMILES string of the molecule is O=C1N/C(=N\N=C\c2c(-c3ccccc3)[nH]c3ccccc23)SC1Cc1ccc(Cl)c(C(F)(F)F)c1. The number of benzene rings is 3. The third kappa shape index (κ3) is 5.03. The van der Waals surface area contributed by atoms with Crippen molar-refractivity contribution < 1.29 is 18.0 Å². The number of aromatic amines is 1. The Morgan fingerprint density at radius 3 is 2.56 bits per heavy atom. The molecular formula is C26H18ClF3N4OS. The minimum atomic E-state index is -4.57. The monoisotopic (exact) mass is 526 g/mol. The predicted octanol–water partition coefficient (Wildman–Crippen LogP) is 6.67. The van der Waals surface area contributed by atoms with Crippen molar-refractivity contribution in [2.75, 3.05) is 0 Å². The van der Waals surface area contributed by atoms with E-state index in [1.807, 2.05) is 54.6 Å². The quantitative estimate of drug-likeness (QED) is 0.225. The average Bonchev–Trinajstić information content (AvgIpc) is 3.40. The number of nitrogens with zero attached hydrogens (tertiary/aromatic N) is 2. The summed E-state index contributed by atoms with van der Waals surface area (Å²) in [6.07, 6.45) is -2.84. The van der Waals surface area contributed by atoms with E-state index < -0.39 is 17.0 Å². The fourth-order valence-corrected chi connectivity index (χ4v) is 5.18. The first kappa shape index (κ1) is 24.1. The molecular weight excluding hydrogens is 509 g/mol. The molecule has 2 N–H and O–H groups in total. The third-order valence-corrected chi connectivity index (χ3v) is 7.08. The van der Waals surface area contributed by atoms with Gasteiger partial charge in [-0.25, -0.2) is 0 Å². The number of nitrogens with one attached hydrogen (secondary N) is 2. The number of para-hydroxylation sites is 1. The molecule has 1 amide bonds. The van der Waals surface area contributed by atoms with Crippen molar-refractivity contribution in [1.29, 1.82) is 0 Å². The van der Waals surface area contributed by atoms with E-state index in [2.05, 4.69) is 20.5 Å². The van der Waals surface area contributed by atoms with Crippen molar-refractivity contribution in [3.63, 3.8) is 0 Å². The molecule has 1 fully saturated rings. The van der Waals surface area contributed by atoms with E-state index in [0.717, 1.165) is 45.6 Å². The minimum Gasteiger partial charge on any atom is -0.354 e. The number of thioether (sulfide) groups is 1. The minimum absolute atomic E-state index is 0.0973. The number of amidine groups is 1. The number of H-pyrrole nitrogens is 1. The lowest BCUT2D eigenvalue weighted by Crippen LogP contribution is -2.26. The molecule has 182 valence electrons. The normalized spacial score (nSPS) is 17.4. The molecule has 3 aromatic carbocycles. The molecule has 4 aromatic rings. The first-order valence-electron chi connectivity index (χ1n) is 10.9. The predicted molar refractivity (Wildman–Crippen MR) is 138 cm³/mol. The highest BCUT2D eigenvalue weighted by Gasteiger charge is 2.35. The van der Waals surface area contributed by atoms with Gasteiger partial charge >= 0.3 is 6.18 Å². The largest absolute Gasteiger partial charge is 0.417 e. The van der Waals surface area contributed by atoms with Gasteiger partial charge in [-0.3, -0.25) is 4.79 Å². The Balaban J connectivity index is 1.36. The van der Waals surface area contributed by atoms with Crippen LogP contribution in [0, 0.1) is 0 Å². The zero-order valence-electron chi connectivity index (χ0n) is 18.5. The number of amides is 1. The van der Waals surface area contributed by atoms with Gasteiger partial charge in [-0.2, -0.15) is 18.3 Å². The maximum absolute atomic E-state index is 13.2. The summed E-state index contributed by atoms with van der Waals surface area (Å²) < 4.78 is 39.5. The summed E-state index contributed by atoms with van der Waals surface area (Å²) in [4.78, 5) is 15.8. The van der Waals surface area contributed by atoms with Gasteiger partial charge in [0.15, 0.2) is 5.17 Å². The van der Waals surface area contributed by atoms with Crippen LogP contribution in [-0.4, -0.2) is 27.5 Å². The highest BCUT2D eigenvalue weighted by molar-refractivity contribution is 8.15. The van der Waals surface area contributed by atoms with Gasteiger partial charge < -0.3 is 10.3 Å². The van der Waals surface area contributed by atoms with Crippen molar-refractivity contribution in [1.82, 2.24) is 10.3 Å². The van der Waals surface area contributed by atoms with Crippen LogP contribution < -0.4 is 5.32 Å². The van der Waals surface area contributed by atoms with Crippen LogP contribution in [0.15, 0.2) is 83.0 Å². The molecule has 0 radical (unpaired) electrons. The second-order valence-corrected chi connectivity index (χ2v) is 9.69. The summed E-state index contributed by atoms with van der Waals surface area (Å²) in [5.74, 6) is -0.338. The van der Waals surface area contributed by atoms with Gasteiger partial charge in [-0.15, -0.1) is 5.10 Å². The molecule has 10 heteroatoms. The molecule has 1 aliphatic rings. The topological polar surface area (TPSA) is 69.6 Å². The van der Waals surface area contributed by atoms with E-state index >= 15 is 0 Å². The molecule has 0 aliphatic carbocycles. The first-order valence-corrected chi connectivity index (χ1v) is 12.2. The van der Waals surface area contributed by atoms with Crippen LogP contribution in [0.25, 0.3) is 22.2 Å². The summed E-state index contributed by atoms with van der Waals surface area (Å²) in [5, 5.41) is 11.3. The van der Waals surface area contributed by atoms with E-state index in [1.165, 1.54) is 12.1 Å². The molecule has 5 nitrogen and oxygen atoms in total. The Morgan fingerprint density at radius 1 is 1.03 bits per heavy atom. The number of carbonyl (C=O) groups excluding carboxylic acids is 1. The first-order chi connectivity index (χ1) is 17.3. The fraction of sp³-hybridized carbons (Fsp3) is 0.115. The van der Waals surface area contributed by atoms with E-state index in [1.54, 1.807) is 6.21 Å². The van der Waals surface area contributed by atoms with Gasteiger partial charge in [0.05, 0.1) is 27.7 Å². The van der Waals surface area contributed by atoms with Gasteiger partial charge in [0.25, 0.3) is 0 Å². The van der Waals surface area contributed by atoms with Crippen LogP contribution in [-0.2, 0) is 17.4 Å². The molecule has 1 saturated heterocycles. The molecule has 5 rings (SSSR count). The summed E-state index contributed by atoms with van der Waals surface area (Å²) >= 11 is 6.82. The number of carbonyl (C=O) groups is 1. The number of fused-ring (bicyclic) bond motifs is 1. The Hall–Kier alpha value is -3.56. The van der Waals surface area contributed by atoms with Crippen LogP contribution in [0.4, 0.5) is 13.2 Å². The smallest absolute Gasteiger partial charge is 0.354 e. The van der Waals surface area contributed by atoms with Gasteiger partial charge in [0.2, 0.25) is 5.91 Å². The number of rotatable bonds is 5. The molecule has 36 heavy (non-hydrogen) atoms. The van der Waals surface area contributed by atoms with Gasteiger partial charge in [-0.05, 0) is 35.7 Å². The maximum atomic E-state index is 13.2. The zero-order valence-corrected chi connectivity index (χ0v) is 20.1. The van der Waals surface area contributed by atoms with Crippen LogP contribution in [0.1, 0.15) is 16.7 Å². The van der Waals surface area contributed by atoms with Gasteiger partial charge in [0.1, 0.15) is 0 Å². The Labute approximate surface area is 213 Å². The zero-order chi connectivity index (χ0) is 25.3. The number of alkyl halides is 3. The second kappa shape index (κ2) is 9.83. The van der Waals surface area contributed by atoms with Crippen molar-refractivity contribution in [2.24, 2.45) is 10.2 Å². The number of hydrogen-bond donors (Lipinski definition) is 2. The number of aromatic nitrogens is 1. The number of halogens is 4. The van der Waals surface area contributed by atoms with Gasteiger partial charge in [0, 0.05) is 16.5 Å². The Bertz CT molecular complexity index is 1500. The van der Waals surface area contributed by atoms with Crippen molar-refractivity contribution in [3.8, 4) is 11.3 Å². The summed E-state index contributed by atoms with van der Waals surface area (Å²) in [6, 6.07) is 21.3. The molecule has 1 atom stereocenters. The lowest BCUT2D eigenvalue weighted by molar-refractivity contribution is -0.137. The molecule has 0 bridgehead atoms. The Morgan fingerprint density at radius 2 is 1.78 bits per heavy atom. The highest BCUT2D eigenvalue weighted by atomic mass is 35.5. The van der Waals surface area contributed by atoms with Crippen molar-refractivity contribution in [3.05, 3.63) is 94.5 Å². The number of hydrogen-bond acceptors (Lipinski definition) is 4. The van der Waals surface area contributed by atoms with Crippen LogP contribution in [0.2, 0.25) is 5.02 Å². The van der Waals surface area contributed by atoms with Crippen LogP contribution in [0.3, 0.4) is 0 Å². The molecule has 1 aromatic heterocycles. The maximum Gasteiger partial charge on any atom is 0.417 e. The lowest BCUT2D eigenvalue weighted by Gasteiger charge is -2.12. The third-order valence-electron chi connectivity index (χ3n) is 5.68. The summed E-state index contributed by atoms with van der Waals surface area (Å²) in [6.45, 7) is 0. The Kier molecular flexibility index (Phi) is 6.59. The summed E-state index contributed by atoms with van der Waals surface area (Å²) in [5.41, 5.74) is 3.13. The summed E-state index contributed by atoms with van der Waals surface area (Å²) in [7, 11) is 0. The highest BCUT2D eigenvalue weighted by Crippen LogP contribution is 2.36. The second-order valence-electron chi connectivity index (χ2n) is 8.09. The lowest BCUT2D eigenvalue weighted by atomic mass is 10.1. The molecule has 2 heterocycles.